The SMILES string of the molecule is COc1ccccc1CC(C)(CN)N1CC(C)OC(C)C1. The standard InChI is InChI=1S/C17H28N2O2/c1-13-10-19(11-14(2)21-13)17(3,12-18)9-15-7-5-6-8-16(15)20-4/h5-8,13-14H,9-12,18H2,1-4H3. The highest BCUT2D eigenvalue weighted by atomic mass is 16.5. The van der Waals surface area contributed by atoms with Crippen LogP contribution in [-0.2, 0) is 11.2 Å². The number of nitrogens with two attached hydrogens (primary N) is 1. The maximum Gasteiger partial charge on any atom is 0.122 e. The molecule has 0 amide bonds. The highest BCUT2D eigenvalue weighted by Gasteiger charge is 2.36. The number of hydrogen-bond acceptors (Lipinski definition) is 4. The zero-order chi connectivity index (χ0) is 15.5. The number of methoxy groups -OCH3 is 1. The molecule has 1 aliphatic rings. The van der Waals surface area contributed by atoms with Gasteiger partial charge in [0.25, 0.3) is 0 Å². The summed E-state index contributed by atoms with van der Waals surface area (Å²) >= 11 is 0. The third-order valence-electron chi connectivity index (χ3n) is 4.39. The lowest BCUT2D eigenvalue weighted by molar-refractivity contribution is -0.0973. The van der Waals surface area contributed by atoms with E-state index in [0.717, 1.165) is 25.3 Å². The maximum atomic E-state index is 6.14. The molecule has 21 heavy (non-hydrogen) atoms. The van der Waals surface area contributed by atoms with Crippen molar-refractivity contribution in [2.75, 3.05) is 26.7 Å². The Bertz CT molecular complexity index is 456. The molecule has 1 aliphatic heterocycles. The third-order valence-corrected chi connectivity index (χ3v) is 4.39. The number of ether oxygens (including phenoxy) is 2. The summed E-state index contributed by atoms with van der Waals surface area (Å²) in [5.41, 5.74) is 7.27. The molecule has 1 heterocycles. The van der Waals surface area contributed by atoms with Gasteiger partial charge < -0.3 is 15.2 Å². The van der Waals surface area contributed by atoms with Gasteiger partial charge in [-0.15, -0.1) is 0 Å². The Morgan fingerprint density at radius 1 is 1.29 bits per heavy atom. The van der Waals surface area contributed by atoms with Crippen molar-refractivity contribution >= 4 is 0 Å². The van der Waals surface area contributed by atoms with Crippen LogP contribution in [0.25, 0.3) is 0 Å². The summed E-state index contributed by atoms with van der Waals surface area (Å²) < 4.78 is 11.3. The van der Waals surface area contributed by atoms with Crippen LogP contribution in [0.2, 0.25) is 0 Å². The Labute approximate surface area is 128 Å². The predicted octanol–water partition coefficient (Wildman–Crippen LogP) is 2.06. The molecule has 1 saturated heterocycles. The molecule has 0 aromatic heterocycles. The van der Waals surface area contributed by atoms with Crippen molar-refractivity contribution in [2.45, 2.75) is 44.9 Å². The van der Waals surface area contributed by atoms with Crippen LogP contribution in [-0.4, -0.2) is 49.4 Å². The van der Waals surface area contributed by atoms with Crippen molar-refractivity contribution in [3.8, 4) is 5.75 Å². The van der Waals surface area contributed by atoms with Gasteiger partial charge in [-0.1, -0.05) is 18.2 Å². The van der Waals surface area contributed by atoms with Crippen molar-refractivity contribution < 1.29 is 9.47 Å². The van der Waals surface area contributed by atoms with Crippen LogP contribution in [0.1, 0.15) is 26.3 Å². The second kappa shape index (κ2) is 6.77. The van der Waals surface area contributed by atoms with E-state index in [4.69, 9.17) is 15.2 Å². The topological polar surface area (TPSA) is 47.7 Å². The molecular weight excluding hydrogens is 264 g/mol. The van der Waals surface area contributed by atoms with Gasteiger partial charge in [0.1, 0.15) is 5.75 Å². The summed E-state index contributed by atoms with van der Waals surface area (Å²) in [4.78, 5) is 2.47. The van der Waals surface area contributed by atoms with Gasteiger partial charge in [-0.2, -0.15) is 0 Å². The molecule has 1 aromatic carbocycles. The number of nitrogens with zero attached hydrogens (tertiary/aromatic N) is 1. The van der Waals surface area contributed by atoms with E-state index < -0.39 is 0 Å². The molecule has 2 rings (SSSR count). The summed E-state index contributed by atoms with van der Waals surface area (Å²) in [5, 5.41) is 0. The Balaban J connectivity index is 2.20. The van der Waals surface area contributed by atoms with Gasteiger partial charge in [-0.05, 0) is 38.8 Å². The van der Waals surface area contributed by atoms with Gasteiger partial charge in [-0.3, -0.25) is 4.90 Å². The highest BCUT2D eigenvalue weighted by molar-refractivity contribution is 5.34. The monoisotopic (exact) mass is 292 g/mol. The number of hydrogen-bond donors (Lipinski definition) is 1. The number of rotatable bonds is 5. The van der Waals surface area contributed by atoms with Gasteiger partial charge in [0.2, 0.25) is 0 Å². The normalized spacial score (nSPS) is 26.3. The van der Waals surface area contributed by atoms with Crippen molar-refractivity contribution in [3.05, 3.63) is 29.8 Å². The summed E-state index contributed by atoms with van der Waals surface area (Å²) in [6, 6.07) is 8.19. The molecule has 4 nitrogen and oxygen atoms in total. The van der Waals surface area contributed by atoms with Gasteiger partial charge >= 0.3 is 0 Å². The Kier molecular flexibility index (Phi) is 5.25. The first kappa shape index (κ1) is 16.3. The summed E-state index contributed by atoms with van der Waals surface area (Å²) in [6.45, 7) is 8.96. The van der Waals surface area contributed by atoms with Crippen molar-refractivity contribution in [1.29, 1.82) is 0 Å². The second-order valence-corrected chi connectivity index (χ2v) is 6.35. The van der Waals surface area contributed by atoms with E-state index in [1.54, 1.807) is 7.11 Å². The van der Waals surface area contributed by atoms with E-state index in [-0.39, 0.29) is 17.7 Å². The lowest BCUT2D eigenvalue weighted by Crippen LogP contribution is -2.60. The van der Waals surface area contributed by atoms with Gasteiger partial charge in [0.15, 0.2) is 0 Å². The second-order valence-electron chi connectivity index (χ2n) is 6.35. The summed E-state index contributed by atoms with van der Waals surface area (Å²) in [7, 11) is 1.72. The molecule has 1 fully saturated rings. The molecular formula is C17H28N2O2. The van der Waals surface area contributed by atoms with Gasteiger partial charge in [0.05, 0.1) is 19.3 Å². The minimum Gasteiger partial charge on any atom is -0.496 e. The molecule has 118 valence electrons. The van der Waals surface area contributed by atoms with E-state index in [1.807, 2.05) is 12.1 Å². The minimum absolute atomic E-state index is 0.0824. The average Bonchev–Trinajstić information content (AvgIpc) is 2.46. The van der Waals surface area contributed by atoms with Crippen LogP contribution < -0.4 is 10.5 Å². The predicted molar refractivity (Wildman–Crippen MR) is 85.7 cm³/mol. The fraction of sp³-hybridized carbons (Fsp3) is 0.647. The Hall–Kier alpha value is -1.10. The molecule has 2 N–H and O–H groups in total. The first-order valence-corrected chi connectivity index (χ1v) is 7.71. The lowest BCUT2D eigenvalue weighted by Gasteiger charge is -2.46. The smallest absolute Gasteiger partial charge is 0.122 e. The van der Waals surface area contributed by atoms with E-state index in [1.165, 1.54) is 5.56 Å². The molecule has 3 unspecified atom stereocenters. The number of morpholine rings is 1. The van der Waals surface area contributed by atoms with Crippen LogP contribution in [0.5, 0.6) is 5.75 Å². The quantitative estimate of drug-likeness (QED) is 0.902. The number of para-hydroxylation sites is 1. The molecule has 3 atom stereocenters. The van der Waals surface area contributed by atoms with Crippen molar-refractivity contribution in [1.82, 2.24) is 4.90 Å². The molecule has 0 bridgehead atoms. The third kappa shape index (κ3) is 3.76. The molecule has 0 saturated carbocycles. The summed E-state index contributed by atoms with van der Waals surface area (Å²) in [6.07, 6.45) is 1.38. The zero-order valence-corrected chi connectivity index (χ0v) is 13.6. The lowest BCUT2D eigenvalue weighted by atomic mass is 9.89. The fourth-order valence-corrected chi connectivity index (χ4v) is 3.19. The van der Waals surface area contributed by atoms with Crippen LogP contribution >= 0.6 is 0 Å². The van der Waals surface area contributed by atoms with Crippen molar-refractivity contribution in [2.24, 2.45) is 5.73 Å². The molecule has 0 radical (unpaired) electrons. The first-order chi connectivity index (χ1) is 9.98. The molecule has 0 spiro atoms. The van der Waals surface area contributed by atoms with Crippen LogP contribution in [0.4, 0.5) is 0 Å². The summed E-state index contributed by atoms with van der Waals surface area (Å²) in [5.74, 6) is 0.937. The molecule has 4 heteroatoms. The van der Waals surface area contributed by atoms with E-state index in [2.05, 4.69) is 37.8 Å². The molecule has 0 aliphatic carbocycles. The van der Waals surface area contributed by atoms with Crippen LogP contribution in [0.15, 0.2) is 24.3 Å². The largest absolute Gasteiger partial charge is 0.496 e. The number of benzene rings is 1. The Morgan fingerprint density at radius 3 is 2.48 bits per heavy atom. The van der Waals surface area contributed by atoms with Crippen molar-refractivity contribution in [3.63, 3.8) is 0 Å². The Morgan fingerprint density at radius 2 is 1.90 bits per heavy atom. The van der Waals surface area contributed by atoms with E-state index in [9.17, 15) is 0 Å². The average molecular weight is 292 g/mol. The minimum atomic E-state index is -0.0824. The first-order valence-electron chi connectivity index (χ1n) is 7.71. The molecule has 1 aromatic rings. The van der Waals surface area contributed by atoms with Gasteiger partial charge in [-0.25, -0.2) is 0 Å². The highest BCUT2D eigenvalue weighted by Crippen LogP contribution is 2.28. The fourth-order valence-electron chi connectivity index (χ4n) is 3.19. The van der Waals surface area contributed by atoms with Gasteiger partial charge in [0, 0.05) is 25.2 Å². The van der Waals surface area contributed by atoms with Crippen LogP contribution in [0, 0.1) is 0 Å². The maximum absolute atomic E-state index is 6.14. The van der Waals surface area contributed by atoms with E-state index >= 15 is 0 Å². The van der Waals surface area contributed by atoms with E-state index in [0.29, 0.717) is 6.54 Å². The zero-order valence-electron chi connectivity index (χ0n) is 13.6. The van der Waals surface area contributed by atoms with Crippen LogP contribution in [0.3, 0.4) is 0 Å².